The van der Waals surface area contributed by atoms with Crippen LogP contribution < -0.4 is 0 Å². The fraction of sp³-hybridized carbons (Fsp3) is 0. The van der Waals surface area contributed by atoms with E-state index in [4.69, 9.17) is 25.4 Å². The Morgan fingerprint density at radius 3 is 1.38 bits per heavy atom. The normalized spacial score (nSPS) is 4.50. The molecule has 8 heteroatoms. The summed E-state index contributed by atoms with van der Waals surface area (Å²) in [4.78, 5) is 16.2. The van der Waals surface area contributed by atoms with Crippen LogP contribution in [-0.2, 0) is 16.8 Å². The number of rotatable bonds is 0. The van der Waals surface area contributed by atoms with Crippen LogP contribution in [0.25, 0.3) is 0 Å². The van der Waals surface area contributed by atoms with E-state index in [0.29, 0.717) is 0 Å². The zero-order chi connectivity index (χ0) is 6.28. The number of hydrogen-bond donors (Lipinski definition) is 0. The average molecular weight is 167 g/mol. The molecule has 0 amide bonds. The average Bonchev–Trinajstić information content (AvgIpc) is 1.33. The van der Waals surface area contributed by atoms with Crippen molar-refractivity contribution in [2.24, 2.45) is 5.34 Å². The summed E-state index contributed by atoms with van der Waals surface area (Å²) in [6.45, 7) is 0. The van der Waals surface area contributed by atoms with Gasteiger partial charge in [-0.25, -0.2) is 0 Å². The first-order valence-electron chi connectivity index (χ1n) is 0.913. The first-order chi connectivity index (χ1) is 3.15. The quantitative estimate of drug-likeness (QED) is 0.286. The molecule has 51 valence electrons. The minimum Gasteiger partial charge on any atom is -0.444 e. The van der Waals surface area contributed by atoms with Gasteiger partial charge in [-0.1, -0.05) is 0 Å². The molecule has 0 fully saturated rings. The third-order valence-electron chi connectivity index (χ3n) is 0. The van der Waals surface area contributed by atoms with Gasteiger partial charge < -0.3 is 25.4 Å². The summed E-state index contributed by atoms with van der Waals surface area (Å²) in [6, 6.07) is 0. The topological polar surface area (TPSA) is 119 Å². The van der Waals surface area contributed by atoms with Crippen molar-refractivity contribution in [1.29, 1.82) is 0 Å². The molecule has 0 aromatic rings. The smallest absolute Gasteiger partial charge is 0.0689 e. The molecule has 0 aliphatic rings. The van der Waals surface area contributed by atoms with E-state index >= 15 is 0 Å². The fourth-order valence-electron chi connectivity index (χ4n) is 0. The van der Waals surface area contributed by atoms with Crippen LogP contribution in [0.5, 0.6) is 0 Å². The summed E-state index contributed by atoms with van der Waals surface area (Å²) in [5, 5.41) is 23.8. The van der Waals surface area contributed by atoms with Crippen molar-refractivity contribution in [3.8, 4) is 0 Å². The van der Waals surface area contributed by atoms with Crippen LogP contribution in [0.2, 0.25) is 0 Å². The van der Waals surface area contributed by atoms with Gasteiger partial charge in [0.25, 0.3) is 0 Å². The van der Waals surface area contributed by atoms with Gasteiger partial charge in [-0.3, -0.25) is 0 Å². The summed E-state index contributed by atoms with van der Waals surface area (Å²) in [7, 11) is 0. The first kappa shape index (κ1) is 15.7. The van der Waals surface area contributed by atoms with Crippen molar-refractivity contribution in [2.45, 2.75) is 0 Å². The maximum Gasteiger partial charge on any atom is 0.0689 e. The maximum atomic E-state index is 8.25. The van der Waals surface area contributed by atoms with E-state index in [-0.39, 0.29) is 16.8 Å². The van der Waals surface area contributed by atoms with Crippen molar-refractivity contribution in [2.75, 3.05) is 0 Å². The molecule has 0 saturated carbocycles. The van der Waals surface area contributed by atoms with Crippen LogP contribution in [-0.4, -0.2) is 5.09 Å². The Morgan fingerprint density at radius 2 is 1.38 bits per heavy atom. The Bertz CT molecular complexity index is 57.4. The maximum absolute atomic E-state index is 8.25. The van der Waals surface area contributed by atoms with Crippen molar-refractivity contribution >= 4 is 0 Å². The standard InChI is InChI=1S/Co.NO3.HNO2/c;2-1(3)4;2-1-3/h;;(H,2,3)/q;-1;/p-1. The van der Waals surface area contributed by atoms with Crippen LogP contribution in [0.3, 0.4) is 0 Å². The Labute approximate surface area is 53.5 Å². The van der Waals surface area contributed by atoms with Crippen LogP contribution in [0, 0.1) is 25.4 Å². The van der Waals surface area contributed by atoms with Gasteiger partial charge in [-0.15, -0.1) is 5.34 Å². The Hall–Kier alpha value is -0.894. The predicted octanol–water partition coefficient (Wildman–Crippen LogP) is 0.00900. The summed E-state index contributed by atoms with van der Waals surface area (Å²) < 4.78 is 0. The van der Waals surface area contributed by atoms with Crippen LogP contribution in [0.15, 0.2) is 5.34 Å². The zero-order valence-electron chi connectivity index (χ0n) is 3.27. The molecule has 0 unspecified atom stereocenters. The SMILES string of the molecule is O=N[O-].O=[N+]([O-])[O-].[Co]. The summed E-state index contributed by atoms with van der Waals surface area (Å²) in [6.07, 6.45) is 0. The molecule has 0 aliphatic carbocycles. The Balaban J connectivity index is -0.0000000575. The molecule has 0 heterocycles. The van der Waals surface area contributed by atoms with Crippen molar-refractivity contribution in [1.82, 2.24) is 0 Å². The Morgan fingerprint density at radius 1 is 1.38 bits per heavy atom. The molecule has 0 bridgehead atoms. The molecule has 0 N–H and O–H groups in total. The van der Waals surface area contributed by atoms with Gasteiger partial charge in [-0.2, -0.15) is 0 Å². The van der Waals surface area contributed by atoms with Crippen LogP contribution in [0.4, 0.5) is 0 Å². The van der Waals surface area contributed by atoms with Crippen molar-refractivity contribution < 1.29 is 21.9 Å². The molecular formula is CoN2O5-2. The van der Waals surface area contributed by atoms with Gasteiger partial charge in [0.05, 0.1) is 5.09 Å². The molecule has 0 aromatic heterocycles. The van der Waals surface area contributed by atoms with Crippen molar-refractivity contribution in [3.63, 3.8) is 0 Å². The summed E-state index contributed by atoms with van der Waals surface area (Å²) in [5.41, 5.74) is 0. The molecule has 8 heavy (non-hydrogen) atoms. The van der Waals surface area contributed by atoms with E-state index in [0.717, 1.165) is 5.34 Å². The van der Waals surface area contributed by atoms with Gasteiger partial charge in [0.1, 0.15) is 0 Å². The molecule has 0 saturated heterocycles. The first-order valence-corrected chi connectivity index (χ1v) is 0.913. The third kappa shape index (κ3) is 108. The minimum absolute atomic E-state index is 0. The number of nitrogens with zero attached hydrogens (tertiary/aromatic N) is 2. The fourth-order valence-corrected chi connectivity index (χ4v) is 0. The zero-order valence-corrected chi connectivity index (χ0v) is 4.31. The largest absolute Gasteiger partial charge is 0.444 e. The van der Waals surface area contributed by atoms with Gasteiger partial charge >= 0.3 is 0 Å². The van der Waals surface area contributed by atoms with E-state index < -0.39 is 5.09 Å². The van der Waals surface area contributed by atoms with E-state index in [1.165, 1.54) is 0 Å². The molecule has 1 radical (unpaired) electrons. The van der Waals surface area contributed by atoms with Gasteiger partial charge in [0.2, 0.25) is 0 Å². The number of hydrogen-bond acceptors (Lipinski definition) is 6. The van der Waals surface area contributed by atoms with E-state index in [1.54, 1.807) is 0 Å². The second-order valence-electron chi connectivity index (χ2n) is 0.298. The predicted molar refractivity (Wildman–Crippen MR) is 19.5 cm³/mol. The second kappa shape index (κ2) is 16.5. The summed E-state index contributed by atoms with van der Waals surface area (Å²) in [5.74, 6) is 0. The molecular weight excluding hydrogens is 167 g/mol. The van der Waals surface area contributed by atoms with Crippen molar-refractivity contribution in [3.05, 3.63) is 25.4 Å². The van der Waals surface area contributed by atoms with Crippen LogP contribution in [0.1, 0.15) is 0 Å². The molecule has 0 aromatic carbocycles. The Kier molecular flexibility index (Phi) is 32.4. The molecule has 0 aliphatic heterocycles. The molecule has 0 atom stereocenters. The molecule has 0 spiro atoms. The van der Waals surface area contributed by atoms with E-state index in [9.17, 15) is 0 Å². The molecule has 0 rings (SSSR count). The minimum atomic E-state index is -1.75. The summed E-state index contributed by atoms with van der Waals surface area (Å²) >= 11 is 0. The van der Waals surface area contributed by atoms with E-state index in [1.807, 2.05) is 0 Å². The van der Waals surface area contributed by atoms with Gasteiger partial charge in [0.15, 0.2) is 0 Å². The van der Waals surface area contributed by atoms with Gasteiger partial charge in [0, 0.05) is 16.8 Å². The monoisotopic (exact) mass is 167 g/mol. The third-order valence-corrected chi connectivity index (χ3v) is 0. The van der Waals surface area contributed by atoms with Gasteiger partial charge in [-0.05, 0) is 0 Å². The molecule has 7 nitrogen and oxygen atoms in total. The second-order valence-corrected chi connectivity index (χ2v) is 0.298. The van der Waals surface area contributed by atoms with Crippen LogP contribution >= 0.6 is 0 Å². The van der Waals surface area contributed by atoms with E-state index in [2.05, 4.69) is 0 Å².